The van der Waals surface area contributed by atoms with E-state index < -0.39 is 14.2 Å². The molecule has 1 amide bonds. The predicted molar refractivity (Wildman–Crippen MR) is 83.9 cm³/mol. The summed E-state index contributed by atoms with van der Waals surface area (Å²) in [5.74, 6) is 0.0194. The zero-order valence-corrected chi connectivity index (χ0v) is 18.1. The van der Waals surface area contributed by atoms with Gasteiger partial charge < -0.3 is 35.3 Å². The molecule has 2 rings (SSSR count). The first kappa shape index (κ1) is 24.7. The van der Waals surface area contributed by atoms with Crippen molar-refractivity contribution in [2.75, 3.05) is 0 Å². The van der Waals surface area contributed by atoms with E-state index in [0.717, 1.165) is 19.3 Å². The van der Waals surface area contributed by atoms with E-state index in [4.69, 9.17) is 5.73 Å². The van der Waals surface area contributed by atoms with E-state index in [1.807, 2.05) is 0 Å². The topological polar surface area (TPSA) is 40.9 Å². The van der Waals surface area contributed by atoms with Gasteiger partial charge in [0.1, 0.15) is 0 Å². The molecule has 1 radical (unpaired) electrons. The number of carbonyl (C=O) groups is 1. The van der Waals surface area contributed by atoms with Crippen LogP contribution in [0.1, 0.15) is 39.5 Å². The Morgan fingerprint density at radius 3 is 2.32 bits per heavy atom. The van der Waals surface area contributed by atoms with Crippen molar-refractivity contribution in [2.24, 2.45) is 11.3 Å². The maximum Gasteiger partial charge on any atom is 3.00 e. The van der Waals surface area contributed by atoms with Gasteiger partial charge in [0.15, 0.2) is 0 Å². The average molecular weight is 395 g/mol. The molecule has 0 heterocycles. The van der Waals surface area contributed by atoms with Crippen molar-refractivity contribution < 1.29 is 51.3 Å². The number of halogens is 2. The molecule has 1 N–H and O–H groups in total. The fourth-order valence-electron chi connectivity index (χ4n) is 4.43. The molecule has 1 fully saturated rings. The van der Waals surface area contributed by atoms with E-state index in [9.17, 15) is 4.79 Å². The molecule has 2 nitrogen and oxygen atoms in total. The van der Waals surface area contributed by atoms with Crippen LogP contribution >= 0.6 is 0 Å². The Morgan fingerprint density at radius 2 is 1.91 bits per heavy atom. The third-order valence-electron chi connectivity index (χ3n) is 5.17. The number of rotatable bonds is 3. The number of carbonyl (C=O) groups excluding carboxylic acids is 1. The van der Waals surface area contributed by atoms with Gasteiger partial charge in [-0.25, -0.2) is 0 Å². The van der Waals surface area contributed by atoms with Gasteiger partial charge in [0, 0.05) is 14.2 Å². The Morgan fingerprint density at radius 1 is 1.32 bits per heavy atom. The fourth-order valence-corrected chi connectivity index (χ4v) is 6.97. The quantitative estimate of drug-likeness (QED) is 0.537. The van der Waals surface area contributed by atoms with E-state index in [2.05, 4.69) is 39.1 Å². The Balaban J connectivity index is 0. The van der Waals surface area contributed by atoms with Gasteiger partial charge in [-0.05, 0) is 30.4 Å². The van der Waals surface area contributed by atoms with Crippen molar-refractivity contribution in [1.29, 1.82) is 0 Å². The van der Waals surface area contributed by atoms with Gasteiger partial charge in [0.25, 0.3) is 0 Å². The molecule has 2 aliphatic rings. The second-order valence-electron chi connectivity index (χ2n) is 6.64. The smallest absolute Gasteiger partial charge is 1.00 e. The van der Waals surface area contributed by atoms with Gasteiger partial charge in [-0.15, -0.1) is 0 Å². The molecule has 0 spiro atoms. The van der Waals surface area contributed by atoms with E-state index in [1.54, 1.807) is 0 Å². The van der Waals surface area contributed by atoms with Crippen LogP contribution in [0.15, 0.2) is 23.3 Å². The second-order valence-corrected chi connectivity index (χ2v) is 9.93. The fraction of sp³-hybridized carbons (Fsp3) is 0.688. The maximum absolute atomic E-state index is 12.3. The van der Waals surface area contributed by atoms with E-state index in [1.165, 1.54) is 17.6 Å². The van der Waals surface area contributed by atoms with Crippen LogP contribution in [0.5, 0.6) is 0 Å². The third-order valence-corrected chi connectivity index (χ3v) is 7.69. The summed E-state index contributed by atoms with van der Waals surface area (Å²) in [6.45, 7) is 8.99. The molecule has 22 heavy (non-hydrogen) atoms. The average Bonchev–Trinajstić information content (AvgIpc) is 2.69. The number of hydrogen-bond donors (Lipinski definition) is 0. The summed E-state index contributed by atoms with van der Waals surface area (Å²) < 4.78 is 0. The van der Waals surface area contributed by atoms with Crippen molar-refractivity contribution in [3.8, 4) is 0 Å². The molecule has 123 valence electrons. The van der Waals surface area contributed by atoms with E-state index in [0.29, 0.717) is 11.5 Å². The Hall–Kier alpha value is 0.461. The van der Waals surface area contributed by atoms with Crippen LogP contribution < -0.4 is 24.8 Å². The number of hydrogen-bond acceptors (Lipinski definition) is 1. The molecule has 0 saturated heterocycles. The summed E-state index contributed by atoms with van der Waals surface area (Å²) in [4.78, 5) is 12.3. The number of allylic oxidation sites excluding steroid dienone is 3. The van der Waals surface area contributed by atoms with Crippen molar-refractivity contribution >= 4 is 14.7 Å². The van der Waals surface area contributed by atoms with Crippen LogP contribution in [0.2, 0.25) is 18.6 Å². The Labute approximate surface area is 164 Å². The van der Waals surface area contributed by atoms with Crippen molar-refractivity contribution in [3.05, 3.63) is 29.0 Å². The SMILES string of the molecule is CC1=C(C2(C([NH-])=O)CCCCC2[SiH](C)C)C(C)C=C1.[Cl-].[Cl-].[Ti+3]. The van der Waals surface area contributed by atoms with Crippen LogP contribution in [0.25, 0.3) is 5.73 Å². The summed E-state index contributed by atoms with van der Waals surface area (Å²) in [7, 11) is -0.947. The van der Waals surface area contributed by atoms with Crippen molar-refractivity contribution in [2.45, 2.75) is 58.2 Å². The van der Waals surface area contributed by atoms with E-state index in [-0.39, 0.29) is 52.4 Å². The standard InChI is InChI=1S/C16H27NOSi.2ClH.Ti/c1-11-8-9-12(2)14(11)16(15(17)18)10-6-5-7-13(16)19(3)4;;;/h8-9,11,13,19H,5-7,10H2,1-4H3,(H2,17,18);2*1H;/q;;;+3/p-3. The van der Waals surface area contributed by atoms with Crippen LogP contribution in [0, 0.1) is 11.3 Å². The molecule has 3 unspecified atom stereocenters. The minimum absolute atomic E-state index is 0. The van der Waals surface area contributed by atoms with Crippen LogP contribution in [0.3, 0.4) is 0 Å². The van der Waals surface area contributed by atoms with Gasteiger partial charge in [-0.3, -0.25) is 0 Å². The normalized spacial score (nSPS) is 30.4. The molecular weight excluding hydrogens is 369 g/mol. The second kappa shape index (κ2) is 9.68. The molecule has 3 atom stereocenters. The predicted octanol–water partition coefficient (Wildman–Crippen LogP) is -1.49. The molecule has 1 saturated carbocycles. The maximum atomic E-state index is 12.3. The van der Waals surface area contributed by atoms with Gasteiger partial charge in [0.05, 0.1) is 5.91 Å². The number of nitrogens with one attached hydrogen (secondary N) is 1. The van der Waals surface area contributed by atoms with Crippen LogP contribution in [0.4, 0.5) is 0 Å². The van der Waals surface area contributed by atoms with Gasteiger partial charge in [-0.2, -0.15) is 0 Å². The molecule has 0 aromatic rings. The molecule has 6 heteroatoms. The molecular formula is C16H26Cl2NOSiTi. The zero-order chi connectivity index (χ0) is 14.2. The zero-order valence-electron chi connectivity index (χ0n) is 13.9. The van der Waals surface area contributed by atoms with Crippen molar-refractivity contribution in [1.82, 2.24) is 0 Å². The van der Waals surface area contributed by atoms with E-state index >= 15 is 0 Å². The largest absolute Gasteiger partial charge is 3.00 e. The molecule has 2 aliphatic carbocycles. The van der Waals surface area contributed by atoms with Gasteiger partial charge in [0.2, 0.25) is 0 Å². The summed E-state index contributed by atoms with van der Waals surface area (Å²) >= 11 is 0. The molecule has 0 aliphatic heterocycles. The Kier molecular flexibility index (Phi) is 10.9. The van der Waals surface area contributed by atoms with Gasteiger partial charge in [-0.1, -0.05) is 57.0 Å². The van der Waals surface area contributed by atoms with Crippen LogP contribution in [-0.2, 0) is 26.5 Å². The minimum Gasteiger partial charge on any atom is -1.00 e. The first-order valence-corrected chi connectivity index (χ1v) is 10.5. The summed E-state index contributed by atoms with van der Waals surface area (Å²) in [5.41, 5.74) is 10.5. The third kappa shape index (κ3) is 4.10. The minimum atomic E-state index is -0.947. The summed E-state index contributed by atoms with van der Waals surface area (Å²) in [6, 6.07) is 0. The number of amides is 1. The molecule has 0 aromatic heterocycles. The van der Waals surface area contributed by atoms with Crippen molar-refractivity contribution in [3.63, 3.8) is 0 Å². The first-order chi connectivity index (χ1) is 8.91. The molecule has 0 bridgehead atoms. The summed E-state index contributed by atoms with van der Waals surface area (Å²) in [5, 5.41) is 0. The summed E-state index contributed by atoms with van der Waals surface area (Å²) in [6.07, 6.45) is 8.74. The van der Waals surface area contributed by atoms with Gasteiger partial charge >= 0.3 is 21.7 Å². The first-order valence-electron chi connectivity index (χ1n) is 7.56. The van der Waals surface area contributed by atoms with Crippen LogP contribution in [-0.4, -0.2) is 14.7 Å². The molecule has 0 aromatic carbocycles. The monoisotopic (exact) mass is 394 g/mol. The Bertz CT molecular complexity index is 453.